The molecule has 21 heavy (non-hydrogen) atoms. The predicted octanol–water partition coefficient (Wildman–Crippen LogP) is 3.47. The molecule has 1 aromatic carbocycles. The molecule has 4 nitrogen and oxygen atoms in total. The van der Waals surface area contributed by atoms with E-state index in [1.807, 2.05) is 25.1 Å². The van der Waals surface area contributed by atoms with Crippen LogP contribution in [0.15, 0.2) is 22.6 Å². The van der Waals surface area contributed by atoms with Crippen LogP contribution in [0.3, 0.4) is 0 Å². The summed E-state index contributed by atoms with van der Waals surface area (Å²) in [5.41, 5.74) is 2.62. The summed E-state index contributed by atoms with van der Waals surface area (Å²) in [5.74, 6) is 0.876. The molecule has 0 N–H and O–H groups in total. The number of rotatable bonds is 2. The Morgan fingerprint density at radius 2 is 2.05 bits per heavy atom. The number of nitrogens with zero attached hydrogens (tertiary/aromatic N) is 2. The normalized spacial score (nSPS) is 22.7. The molecule has 2 atom stereocenters. The number of amides is 1. The van der Waals surface area contributed by atoms with Crippen LogP contribution in [0.2, 0.25) is 0 Å². The van der Waals surface area contributed by atoms with E-state index in [1.54, 1.807) is 0 Å². The number of aromatic nitrogens is 1. The Hall–Kier alpha value is -1.84. The van der Waals surface area contributed by atoms with E-state index < -0.39 is 0 Å². The largest absolute Gasteiger partial charge is 0.441 e. The van der Waals surface area contributed by atoms with E-state index in [4.69, 9.17) is 4.42 Å². The van der Waals surface area contributed by atoms with Gasteiger partial charge in [0.05, 0.1) is 6.42 Å². The van der Waals surface area contributed by atoms with Gasteiger partial charge in [0.15, 0.2) is 11.5 Å². The fraction of sp³-hybridized carbons (Fsp3) is 0.529. The molecule has 0 radical (unpaired) electrons. The van der Waals surface area contributed by atoms with E-state index in [2.05, 4.69) is 23.7 Å². The van der Waals surface area contributed by atoms with Crippen LogP contribution < -0.4 is 0 Å². The van der Waals surface area contributed by atoms with Crippen molar-refractivity contribution in [2.75, 3.05) is 0 Å². The van der Waals surface area contributed by atoms with Gasteiger partial charge in [-0.05, 0) is 50.8 Å². The molecule has 0 bridgehead atoms. The molecule has 1 amide bonds. The Bertz CT molecular complexity index is 652. The van der Waals surface area contributed by atoms with Crippen molar-refractivity contribution in [1.29, 1.82) is 0 Å². The minimum absolute atomic E-state index is 0.217. The van der Waals surface area contributed by atoms with Gasteiger partial charge in [0.25, 0.3) is 0 Å². The molecule has 112 valence electrons. The second-order valence-electron chi connectivity index (χ2n) is 6.14. The molecule has 1 aliphatic heterocycles. The van der Waals surface area contributed by atoms with Crippen LogP contribution in [-0.2, 0) is 11.2 Å². The van der Waals surface area contributed by atoms with Crippen molar-refractivity contribution in [2.45, 2.75) is 58.5 Å². The van der Waals surface area contributed by atoms with Crippen LogP contribution in [0.5, 0.6) is 0 Å². The van der Waals surface area contributed by atoms with Crippen molar-refractivity contribution in [3.63, 3.8) is 0 Å². The number of hydrogen-bond donors (Lipinski definition) is 0. The lowest BCUT2D eigenvalue weighted by Gasteiger charge is -2.39. The van der Waals surface area contributed by atoms with Gasteiger partial charge in [-0.15, -0.1) is 0 Å². The zero-order chi connectivity index (χ0) is 15.0. The third kappa shape index (κ3) is 2.80. The number of hydrogen-bond acceptors (Lipinski definition) is 3. The van der Waals surface area contributed by atoms with E-state index >= 15 is 0 Å². The van der Waals surface area contributed by atoms with Gasteiger partial charge in [-0.2, -0.15) is 0 Å². The Kier molecular flexibility index (Phi) is 3.70. The molecule has 0 aliphatic carbocycles. The molecule has 2 unspecified atom stereocenters. The molecule has 3 rings (SSSR count). The third-order valence-corrected chi connectivity index (χ3v) is 4.40. The molecule has 2 aromatic rings. The van der Waals surface area contributed by atoms with Crippen molar-refractivity contribution < 1.29 is 9.21 Å². The number of carbonyl (C=O) groups is 1. The standard InChI is InChI=1S/C17H22N2O2/c1-11-5-4-6-12(2)19(11)17(20)10-14-7-8-16-15(9-14)18-13(3)21-16/h7-9,11-12H,4-6,10H2,1-3H3. The lowest BCUT2D eigenvalue weighted by molar-refractivity contribution is -0.136. The summed E-state index contributed by atoms with van der Waals surface area (Å²) >= 11 is 0. The molecule has 0 saturated carbocycles. The van der Waals surface area contributed by atoms with Gasteiger partial charge in [0.1, 0.15) is 5.52 Å². The zero-order valence-electron chi connectivity index (χ0n) is 12.9. The highest BCUT2D eigenvalue weighted by molar-refractivity contribution is 5.81. The van der Waals surface area contributed by atoms with Gasteiger partial charge in [-0.3, -0.25) is 4.79 Å². The minimum Gasteiger partial charge on any atom is -0.441 e. The summed E-state index contributed by atoms with van der Waals surface area (Å²) in [6, 6.07) is 6.52. The van der Waals surface area contributed by atoms with Crippen LogP contribution in [0.4, 0.5) is 0 Å². The van der Waals surface area contributed by atoms with Gasteiger partial charge >= 0.3 is 0 Å². The summed E-state index contributed by atoms with van der Waals surface area (Å²) in [5, 5.41) is 0. The number of carbonyl (C=O) groups excluding carboxylic acids is 1. The van der Waals surface area contributed by atoms with Crippen LogP contribution in [0.1, 0.15) is 44.6 Å². The molecular formula is C17H22N2O2. The lowest BCUT2D eigenvalue weighted by atomic mass is 9.96. The Balaban J connectivity index is 1.78. The molecule has 4 heteroatoms. The number of aryl methyl sites for hydroxylation is 1. The van der Waals surface area contributed by atoms with Crippen LogP contribution in [0.25, 0.3) is 11.1 Å². The van der Waals surface area contributed by atoms with Crippen molar-refractivity contribution in [2.24, 2.45) is 0 Å². The number of fused-ring (bicyclic) bond motifs is 1. The smallest absolute Gasteiger partial charge is 0.227 e. The first-order valence-corrected chi connectivity index (χ1v) is 7.72. The molecule has 1 saturated heterocycles. The van der Waals surface area contributed by atoms with E-state index in [-0.39, 0.29) is 5.91 Å². The molecule has 1 aliphatic rings. The lowest BCUT2D eigenvalue weighted by Crippen LogP contribution is -2.48. The highest BCUT2D eigenvalue weighted by Crippen LogP contribution is 2.24. The number of benzene rings is 1. The highest BCUT2D eigenvalue weighted by Gasteiger charge is 2.28. The molecule has 2 heterocycles. The minimum atomic E-state index is 0.217. The number of likely N-dealkylation sites (tertiary alicyclic amines) is 1. The number of oxazole rings is 1. The summed E-state index contributed by atoms with van der Waals surface area (Å²) < 4.78 is 5.47. The molecule has 1 aromatic heterocycles. The fourth-order valence-corrected chi connectivity index (χ4v) is 3.38. The van der Waals surface area contributed by atoms with Crippen LogP contribution in [-0.4, -0.2) is 27.9 Å². The predicted molar refractivity (Wildman–Crippen MR) is 82.1 cm³/mol. The van der Waals surface area contributed by atoms with Crippen molar-refractivity contribution in [3.8, 4) is 0 Å². The molecular weight excluding hydrogens is 264 g/mol. The Morgan fingerprint density at radius 1 is 1.33 bits per heavy atom. The van der Waals surface area contributed by atoms with Gasteiger partial charge in [0, 0.05) is 19.0 Å². The van der Waals surface area contributed by atoms with E-state index in [0.717, 1.165) is 29.5 Å². The average molecular weight is 286 g/mol. The Labute approximate surface area is 125 Å². The van der Waals surface area contributed by atoms with Gasteiger partial charge < -0.3 is 9.32 Å². The fourth-order valence-electron chi connectivity index (χ4n) is 3.38. The maximum atomic E-state index is 12.6. The van der Waals surface area contributed by atoms with E-state index in [1.165, 1.54) is 6.42 Å². The maximum absolute atomic E-state index is 12.6. The van der Waals surface area contributed by atoms with Crippen LogP contribution >= 0.6 is 0 Å². The summed E-state index contributed by atoms with van der Waals surface area (Å²) in [6.07, 6.45) is 3.88. The second-order valence-corrected chi connectivity index (χ2v) is 6.14. The van der Waals surface area contributed by atoms with Gasteiger partial charge in [0.2, 0.25) is 5.91 Å². The van der Waals surface area contributed by atoms with Crippen LogP contribution in [0, 0.1) is 6.92 Å². The monoisotopic (exact) mass is 286 g/mol. The first kappa shape index (κ1) is 14.1. The average Bonchev–Trinajstić information content (AvgIpc) is 2.77. The Morgan fingerprint density at radius 3 is 2.76 bits per heavy atom. The summed E-state index contributed by atoms with van der Waals surface area (Å²) in [6.45, 7) is 6.14. The number of piperidine rings is 1. The third-order valence-electron chi connectivity index (χ3n) is 4.40. The zero-order valence-corrected chi connectivity index (χ0v) is 12.9. The SMILES string of the molecule is Cc1nc2cc(CC(=O)N3C(C)CCCC3C)ccc2o1. The maximum Gasteiger partial charge on any atom is 0.227 e. The summed E-state index contributed by atoms with van der Waals surface area (Å²) in [4.78, 5) is 19.0. The van der Waals surface area contributed by atoms with Crippen molar-refractivity contribution in [1.82, 2.24) is 9.88 Å². The van der Waals surface area contributed by atoms with Crippen molar-refractivity contribution in [3.05, 3.63) is 29.7 Å². The van der Waals surface area contributed by atoms with E-state index in [0.29, 0.717) is 24.4 Å². The first-order chi connectivity index (χ1) is 10.0. The summed E-state index contributed by atoms with van der Waals surface area (Å²) in [7, 11) is 0. The topological polar surface area (TPSA) is 46.3 Å². The van der Waals surface area contributed by atoms with E-state index in [9.17, 15) is 4.79 Å². The van der Waals surface area contributed by atoms with Crippen molar-refractivity contribution >= 4 is 17.0 Å². The molecule has 1 fully saturated rings. The first-order valence-electron chi connectivity index (χ1n) is 7.72. The van der Waals surface area contributed by atoms with Gasteiger partial charge in [-0.25, -0.2) is 4.98 Å². The van der Waals surface area contributed by atoms with Gasteiger partial charge in [-0.1, -0.05) is 6.07 Å². The highest BCUT2D eigenvalue weighted by atomic mass is 16.3. The second kappa shape index (κ2) is 5.51. The molecule has 0 spiro atoms. The quantitative estimate of drug-likeness (QED) is 0.849.